The fourth-order valence-corrected chi connectivity index (χ4v) is 1.64. The summed E-state index contributed by atoms with van der Waals surface area (Å²) in [5, 5.41) is 15.5. The Morgan fingerprint density at radius 3 is 2.45 bits per heavy atom. The molecule has 0 fully saturated rings. The van der Waals surface area contributed by atoms with Crippen molar-refractivity contribution in [2.24, 2.45) is 0 Å². The highest BCUT2D eigenvalue weighted by molar-refractivity contribution is 5.66. The third kappa shape index (κ3) is 7.73. The Balaban J connectivity index is 0.00000135. The van der Waals surface area contributed by atoms with Gasteiger partial charge in [0, 0.05) is 24.7 Å². The van der Waals surface area contributed by atoms with Gasteiger partial charge in [0.2, 0.25) is 0 Å². The van der Waals surface area contributed by atoms with E-state index in [4.69, 9.17) is 4.74 Å². The maximum atomic E-state index is 10.8. The van der Waals surface area contributed by atoms with E-state index in [9.17, 15) is 9.90 Å². The molecule has 1 aromatic carbocycles. The molecule has 1 unspecified atom stereocenters. The number of phenols is 1. The van der Waals surface area contributed by atoms with E-state index in [1.165, 1.54) is 13.5 Å². The molecule has 0 spiro atoms. The molecule has 3 N–H and O–H groups in total. The summed E-state index contributed by atoms with van der Waals surface area (Å²) in [5.41, 5.74) is 0.748. The van der Waals surface area contributed by atoms with Crippen LogP contribution in [0, 0.1) is 0 Å². The van der Waals surface area contributed by atoms with Gasteiger partial charge in [-0.2, -0.15) is 0 Å². The van der Waals surface area contributed by atoms with Crippen molar-refractivity contribution in [3.05, 3.63) is 23.8 Å². The van der Waals surface area contributed by atoms with Gasteiger partial charge in [-0.15, -0.1) is 0 Å². The third-order valence-electron chi connectivity index (χ3n) is 2.73. The second kappa shape index (κ2) is 11.7. The van der Waals surface area contributed by atoms with E-state index in [2.05, 4.69) is 29.2 Å². The molecule has 22 heavy (non-hydrogen) atoms. The monoisotopic (exact) mass is 312 g/mol. The number of hydrogen-bond donors (Lipinski definition) is 3. The molecule has 6 heteroatoms. The van der Waals surface area contributed by atoms with Crippen molar-refractivity contribution in [2.45, 2.75) is 33.2 Å². The highest BCUT2D eigenvalue weighted by Crippen LogP contribution is 2.27. The van der Waals surface area contributed by atoms with Crippen molar-refractivity contribution in [3.63, 3.8) is 0 Å². The summed E-state index contributed by atoms with van der Waals surface area (Å²) in [6, 6.07) is 5.01. The number of methoxy groups -OCH3 is 2. The van der Waals surface area contributed by atoms with Crippen LogP contribution >= 0.6 is 0 Å². The van der Waals surface area contributed by atoms with Gasteiger partial charge in [0.1, 0.15) is 11.5 Å². The van der Waals surface area contributed by atoms with Gasteiger partial charge < -0.3 is 25.2 Å². The Bertz CT molecular complexity index is 438. The fraction of sp³-hybridized carbons (Fsp3) is 0.562. The maximum absolute atomic E-state index is 10.8. The number of alkyl carbamates (subject to hydrolysis) is 1. The average molecular weight is 312 g/mol. The summed E-state index contributed by atoms with van der Waals surface area (Å²) in [4.78, 5) is 10.8. The highest BCUT2D eigenvalue weighted by Gasteiger charge is 2.11. The Hall–Kier alpha value is -1.95. The van der Waals surface area contributed by atoms with Gasteiger partial charge in [-0.25, -0.2) is 4.79 Å². The SMILES string of the molecule is CCC.COC(=O)NCCNC(C)c1cc(OC)ccc1O. The van der Waals surface area contributed by atoms with Gasteiger partial charge in [0.15, 0.2) is 0 Å². The van der Waals surface area contributed by atoms with Gasteiger partial charge >= 0.3 is 6.09 Å². The second-order valence-electron chi connectivity index (χ2n) is 4.73. The van der Waals surface area contributed by atoms with Gasteiger partial charge in [-0.1, -0.05) is 20.3 Å². The number of amides is 1. The lowest BCUT2D eigenvalue weighted by Crippen LogP contribution is -2.32. The summed E-state index contributed by atoms with van der Waals surface area (Å²) >= 11 is 0. The van der Waals surface area contributed by atoms with Crippen molar-refractivity contribution in [1.29, 1.82) is 0 Å². The van der Waals surface area contributed by atoms with E-state index in [-0.39, 0.29) is 11.8 Å². The summed E-state index contributed by atoms with van der Waals surface area (Å²) < 4.78 is 9.58. The van der Waals surface area contributed by atoms with E-state index in [0.717, 1.165) is 5.56 Å². The minimum Gasteiger partial charge on any atom is -0.508 e. The molecule has 0 bridgehead atoms. The first-order valence-corrected chi connectivity index (χ1v) is 7.42. The van der Waals surface area contributed by atoms with Crippen molar-refractivity contribution in [3.8, 4) is 11.5 Å². The molecule has 1 atom stereocenters. The molecule has 1 amide bonds. The third-order valence-corrected chi connectivity index (χ3v) is 2.73. The lowest BCUT2D eigenvalue weighted by Gasteiger charge is -2.16. The second-order valence-corrected chi connectivity index (χ2v) is 4.73. The van der Waals surface area contributed by atoms with Crippen molar-refractivity contribution in [1.82, 2.24) is 10.6 Å². The van der Waals surface area contributed by atoms with E-state index in [1.54, 1.807) is 25.3 Å². The van der Waals surface area contributed by atoms with Gasteiger partial charge in [0.25, 0.3) is 0 Å². The Morgan fingerprint density at radius 2 is 1.91 bits per heavy atom. The fourth-order valence-electron chi connectivity index (χ4n) is 1.64. The molecule has 0 heterocycles. The largest absolute Gasteiger partial charge is 0.508 e. The van der Waals surface area contributed by atoms with Crippen LogP contribution < -0.4 is 15.4 Å². The predicted octanol–water partition coefficient (Wildman–Crippen LogP) is 2.82. The van der Waals surface area contributed by atoms with Crippen LogP contribution in [0.1, 0.15) is 38.8 Å². The number of carbonyl (C=O) groups is 1. The lowest BCUT2D eigenvalue weighted by molar-refractivity contribution is 0.171. The van der Waals surface area contributed by atoms with Crippen molar-refractivity contribution in [2.75, 3.05) is 27.3 Å². The Labute approximate surface area is 132 Å². The maximum Gasteiger partial charge on any atom is 0.406 e. The van der Waals surface area contributed by atoms with Crippen LogP contribution in [0.3, 0.4) is 0 Å². The molecule has 0 aromatic heterocycles. The van der Waals surface area contributed by atoms with E-state index < -0.39 is 6.09 Å². The first-order valence-electron chi connectivity index (χ1n) is 7.42. The van der Waals surface area contributed by atoms with Gasteiger partial charge in [-0.05, 0) is 25.1 Å². The number of carbonyl (C=O) groups excluding carboxylic acids is 1. The minimum atomic E-state index is -0.460. The molecule has 0 saturated heterocycles. The van der Waals surface area contributed by atoms with Crippen LogP contribution in [0.25, 0.3) is 0 Å². The van der Waals surface area contributed by atoms with Crippen LogP contribution in [-0.2, 0) is 4.74 Å². The normalized spacial score (nSPS) is 11.0. The lowest BCUT2D eigenvalue weighted by atomic mass is 10.1. The summed E-state index contributed by atoms with van der Waals surface area (Å²) in [5.74, 6) is 0.899. The molecule has 1 rings (SSSR count). The molecular formula is C16H28N2O4. The number of nitrogens with one attached hydrogen (secondary N) is 2. The number of hydrogen-bond acceptors (Lipinski definition) is 5. The van der Waals surface area contributed by atoms with Crippen LogP contribution in [0.5, 0.6) is 11.5 Å². The Morgan fingerprint density at radius 1 is 1.27 bits per heavy atom. The number of rotatable bonds is 6. The quantitative estimate of drug-likeness (QED) is 0.704. The zero-order chi connectivity index (χ0) is 17.0. The summed E-state index contributed by atoms with van der Waals surface area (Å²) in [6.45, 7) is 7.18. The first kappa shape index (κ1) is 20.1. The molecule has 6 nitrogen and oxygen atoms in total. The molecule has 1 aromatic rings. The minimum absolute atomic E-state index is 0.0606. The molecule has 126 valence electrons. The van der Waals surface area contributed by atoms with Crippen LogP contribution in [0.4, 0.5) is 4.79 Å². The zero-order valence-electron chi connectivity index (χ0n) is 14.1. The predicted molar refractivity (Wildman–Crippen MR) is 87.4 cm³/mol. The van der Waals surface area contributed by atoms with E-state index >= 15 is 0 Å². The van der Waals surface area contributed by atoms with Crippen molar-refractivity contribution < 1.29 is 19.4 Å². The first-order chi connectivity index (χ1) is 10.5. The molecule has 0 aliphatic rings. The zero-order valence-corrected chi connectivity index (χ0v) is 14.1. The van der Waals surface area contributed by atoms with Gasteiger partial charge in [0.05, 0.1) is 14.2 Å². The standard InChI is InChI=1S/C13H20N2O4.C3H8/c1-9(14-6-7-15-13(17)19-3)11-8-10(18-2)4-5-12(11)16;1-3-2/h4-5,8-9,14,16H,6-7H2,1-3H3,(H,15,17);3H2,1-2H3. The molecule has 0 aliphatic heterocycles. The summed E-state index contributed by atoms with van der Waals surface area (Å²) in [7, 11) is 2.90. The Kier molecular flexibility index (Phi) is 10.6. The number of benzene rings is 1. The van der Waals surface area contributed by atoms with Crippen LogP contribution in [-0.4, -0.2) is 38.5 Å². The molecule has 0 saturated carbocycles. The average Bonchev–Trinajstić information content (AvgIpc) is 2.52. The molecule has 0 radical (unpaired) electrons. The highest BCUT2D eigenvalue weighted by atomic mass is 16.5. The smallest absolute Gasteiger partial charge is 0.406 e. The number of aromatic hydroxyl groups is 1. The molecular weight excluding hydrogens is 284 g/mol. The van der Waals surface area contributed by atoms with Crippen LogP contribution in [0.2, 0.25) is 0 Å². The topological polar surface area (TPSA) is 79.8 Å². The van der Waals surface area contributed by atoms with Gasteiger partial charge in [-0.3, -0.25) is 0 Å². The van der Waals surface area contributed by atoms with E-state index in [0.29, 0.717) is 18.8 Å². The molecule has 0 aliphatic carbocycles. The van der Waals surface area contributed by atoms with Crippen LogP contribution in [0.15, 0.2) is 18.2 Å². The summed E-state index contributed by atoms with van der Waals surface area (Å²) in [6.07, 6.45) is 0.790. The van der Waals surface area contributed by atoms with Crippen molar-refractivity contribution >= 4 is 6.09 Å². The van der Waals surface area contributed by atoms with E-state index in [1.807, 2.05) is 6.92 Å². The number of phenolic OH excluding ortho intramolecular Hbond substituents is 1. The number of ether oxygens (including phenoxy) is 2.